The van der Waals surface area contributed by atoms with Crippen LogP contribution >= 0.6 is 0 Å². The predicted molar refractivity (Wildman–Crippen MR) is 219 cm³/mol. The molecule has 0 spiro atoms. The van der Waals surface area contributed by atoms with E-state index in [0.717, 1.165) is 92.6 Å². The van der Waals surface area contributed by atoms with Crippen LogP contribution in [-0.4, -0.2) is 42.0 Å². The normalized spacial score (nSPS) is 13.8. The first kappa shape index (κ1) is 44.6. The molecule has 0 unspecified atom stereocenters. The zero-order valence-electron chi connectivity index (χ0n) is 33.1. The van der Waals surface area contributed by atoms with E-state index in [2.05, 4.69) is 78.3 Å². The number of aliphatic hydroxyl groups is 1. The second-order valence-electron chi connectivity index (χ2n) is 14.1. The monoisotopic (exact) mass is 827 g/mol. The van der Waals surface area contributed by atoms with Gasteiger partial charge in [-0.1, -0.05) is 44.6 Å². The van der Waals surface area contributed by atoms with Gasteiger partial charge in [-0.25, -0.2) is 9.97 Å². The summed E-state index contributed by atoms with van der Waals surface area (Å²) in [7, 11) is 0. The van der Waals surface area contributed by atoms with Crippen molar-refractivity contribution in [2.24, 2.45) is 0 Å². The van der Waals surface area contributed by atoms with Crippen molar-refractivity contribution < 1.29 is 34.6 Å². The van der Waals surface area contributed by atoms with E-state index in [0.29, 0.717) is 17.8 Å². The van der Waals surface area contributed by atoms with Crippen molar-refractivity contribution >= 4 is 27.6 Å². The fraction of sp³-hybridized carbons (Fsp3) is 0.477. The molecular weight excluding hydrogens is 767 g/mol. The number of imidazole rings is 2. The fourth-order valence-corrected chi connectivity index (χ4v) is 7.31. The maximum atomic E-state index is 7.57. The van der Waals surface area contributed by atoms with Crippen molar-refractivity contribution in [2.45, 2.75) is 132 Å². The molecule has 0 atom stereocenters. The Labute approximate surface area is 335 Å². The number of rotatable bonds is 9. The number of fused-ring (bicyclic) bond motifs is 2. The Morgan fingerprint density at radius 3 is 1.61 bits per heavy atom. The first-order valence-corrected chi connectivity index (χ1v) is 18.9. The molecule has 9 nitrogen and oxygen atoms in total. The van der Waals surface area contributed by atoms with E-state index in [1.165, 1.54) is 47.9 Å². The smallest absolute Gasteiger partial charge is 0.141 e. The molecule has 54 heavy (non-hydrogen) atoms. The molecule has 2 saturated carbocycles. The molecule has 2 aromatic carbocycles. The van der Waals surface area contributed by atoms with E-state index >= 15 is 0 Å². The zero-order valence-corrected chi connectivity index (χ0v) is 34.7. The second-order valence-corrected chi connectivity index (χ2v) is 14.1. The molecule has 4 heterocycles. The van der Waals surface area contributed by atoms with Gasteiger partial charge in [0.15, 0.2) is 0 Å². The van der Waals surface area contributed by atoms with Crippen molar-refractivity contribution in [1.82, 2.24) is 30.2 Å². The van der Waals surface area contributed by atoms with Crippen LogP contribution in [0, 0.1) is 35.1 Å². The number of allylic oxidation sites excluding steroid dienone is 2. The summed E-state index contributed by atoms with van der Waals surface area (Å²) in [6, 6.07) is 8.95. The average Bonchev–Trinajstić information content (AvgIpc) is 4.01. The van der Waals surface area contributed by atoms with Crippen LogP contribution in [0.2, 0.25) is 0 Å². The van der Waals surface area contributed by atoms with Crippen molar-refractivity contribution in [1.29, 1.82) is 0 Å². The zero-order chi connectivity index (χ0) is 36.4. The minimum absolute atomic E-state index is 0. The summed E-state index contributed by atoms with van der Waals surface area (Å²) in [6.07, 6.45) is 10.4. The van der Waals surface area contributed by atoms with E-state index in [1.807, 2.05) is 27.7 Å². The maximum Gasteiger partial charge on any atom is 0.141 e. The van der Waals surface area contributed by atoms with Gasteiger partial charge in [-0.15, -0.1) is 0 Å². The number of aryl methyl sites for hydroxylation is 4. The van der Waals surface area contributed by atoms with Crippen molar-refractivity contribution in [3.8, 4) is 22.3 Å². The van der Waals surface area contributed by atoms with Gasteiger partial charge in [-0.3, -0.25) is 0 Å². The van der Waals surface area contributed by atoms with Crippen molar-refractivity contribution in [2.75, 3.05) is 6.61 Å². The summed E-state index contributed by atoms with van der Waals surface area (Å²) < 4.78 is 10.8. The van der Waals surface area contributed by atoms with Crippen molar-refractivity contribution in [3.63, 3.8) is 0 Å². The topological polar surface area (TPSA) is 130 Å². The predicted octanol–water partition coefficient (Wildman–Crippen LogP) is 12.2. The Morgan fingerprint density at radius 2 is 1.22 bits per heavy atom. The van der Waals surface area contributed by atoms with Gasteiger partial charge in [0.05, 0.1) is 33.5 Å². The van der Waals surface area contributed by atoms with Gasteiger partial charge in [0.25, 0.3) is 0 Å². The van der Waals surface area contributed by atoms with E-state index < -0.39 is 0 Å². The summed E-state index contributed by atoms with van der Waals surface area (Å²) in [5.41, 5.74) is 14.8. The Hall–Kier alpha value is -3.84. The molecule has 8 rings (SSSR count). The summed E-state index contributed by atoms with van der Waals surface area (Å²) >= 11 is 0. The van der Waals surface area contributed by atoms with Gasteiger partial charge in [-0.2, -0.15) is 0 Å². The van der Waals surface area contributed by atoms with Crippen LogP contribution in [0.15, 0.2) is 39.4 Å². The number of hydrogen-bond acceptors (Lipinski definition) is 7. The van der Waals surface area contributed by atoms with Gasteiger partial charge in [0, 0.05) is 55.6 Å². The SMILES string of the molecule is C.C/C=C(\CC)c1cc(-c2c(C)noc2C)cc2[nH]c(C3CC3)nc12.CCC(CC)c1cc(-c2c(C)noc2C)cc2[nH]c(C3CC3)nc12.CCO.[CH3-].[Pd]. The molecule has 10 heteroatoms. The van der Waals surface area contributed by atoms with Crippen LogP contribution in [0.4, 0.5) is 0 Å². The number of aromatic amines is 2. The third-order valence-corrected chi connectivity index (χ3v) is 10.3. The summed E-state index contributed by atoms with van der Waals surface area (Å²) in [5.74, 6) is 5.81. The number of H-pyrrole nitrogens is 2. The molecule has 4 aromatic heterocycles. The number of benzene rings is 2. The third kappa shape index (κ3) is 9.16. The van der Waals surface area contributed by atoms with E-state index in [-0.39, 0.29) is 41.9 Å². The molecule has 0 bridgehead atoms. The van der Waals surface area contributed by atoms with Crippen LogP contribution in [0.1, 0.15) is 150 Å². The number of nitrogens with one attached hydrogen (secondary N) is 2. The van der Waals surface area contributed by atoms with Crippen LogP contribution in [-0.2, 0) is 20.4 Å². The Bertz CT molecular complexity index is 2120. The van der Waals surface area contributed by atoms with Crippen LogP contribution in [0.3, 0.4) is 0 Å². The Balaban J connectivity index is 0.000000257. The molecule has 0 amide bonds. The van der Waals surface area contributed by atoms with Gasteiger partial charge >= 0.3 is 0 Å². The largest absolute Gasteiger partial charge is 0.397 e. The molecular formula is C44H61N6O3Pd-. The quantitative estimate of drug-likeness (QED) is 0.0977. The van der Waals surface area contributed by atoms with Gasteiger partial charge in [-0.05, 0) is 139 Å². The minimum atomic E-state index is 0. The fourth-order valence-electron chi connectivity index (χ4n) is 7.31. The molecule has 2 fully saturated rings. The number of aliphatic hydroxyl groups excluding tert-OH is 1. The van der Waals surface area contributed by atoms with E-state index in [4.69, 9.17) is 24.1 Å². The standard InChI is InChI=1S/C20H25N3O.C20H23N3O.C2H6O.CH4.CH3.Pd/c2*1-5-13(6-2)16-9-15(18-11(3)23-24-12(18)4)10-17-19(16)22-20(21-17)14-7-8-14;1-2-3;;;/h9-10,13-14H,5-8H2,1-4H3,(H,21,22);5,9-10,14H,6-8H2,1-4H3,(H,21,22);3H,2H2,1H3;1H4;1H3;/q;;;;-1;/b;13-5+;;;;. The first-order valence-electron chi connectivity index (χ1n) is 18.9. The summed E-state index contributed by atoms with van der Waals surface area (Å²) in [6.45, 7) is 18.7. The first-order chi connectivity index (χ1) is 24.6. The number of aromatic nitrogens is 6. The molecule has 0 aliphatic heterocycles. The molecule has 0 radical (unpaired) electrons. The van der Waals surface area contributed by atoms with Crippen LogP contribution in [0.25, 0.3) is 49.9 Å². The molecule has 0 saturated heterocycles. The number of nitrogens with zero attached hydrogens (tertiary/aromatic N) is 4. The molecule has 296 valence electrons. The molecule has 3 N–H and O–H groups in total. The van der Waals surface area contributed by atoms with Crippen LogP contribution in [0.5, 0.6) is 0 Å². The second kappa shape index (κ2) is 19.2. The van der Waals surface area contributed by atoms with E-state index in [1.54, 1.807) is 6.92 Å². The van der Waals surface area contributed by atoms with Crippen LogP contribution < -0.4 is 0 Å². The molecule has 6 aromatic rings. The van der Waals surface area contributed by atoms with Gasteiger partial charge in [0.2, 0.25) is 0 Å². The third-order valence-electron chi connectivity index (χ3n) is 10.3. The molecule has 2 aliphatic rings. The Kier molecular flexibility index (Phi) is 15.8. The Morgan fingerprint density at radius 1 is 0.778 bits per heavy atom. The maximum absolute atomic E-state index is 7.57. The van der Waals surface area contributed by atoms with Gasteiger partial charge in [0.1, 0.15) is 23.2 Å². The number of hydrogen-bond donors (Lipinski definition) is 3. The summed E-state index contributed by atoms with van der Waals surface area (Å²) in [4.78, 5) is 17.0. The van der Waals surface area contributed by atoms with Crippen molar-refractivity contribution in [3.05, 3.63) is 83.5 Å². The minimum Gasteiger partial charge on any atom is -0.397 e. The van der Waals surface area contributed by atoms with E-state index in [9.17, 15) is 0 Å². The molecule has 2 aliphatic carbocycles. The average molecular weight is 828 g/mol. The van der Waals surface area contributed by atoms with Gasteiger partial charge < -0.3 is 31.5 Å². The summed E-state index contributed by atoms with van der Waals surface area (Å²) in [5, 5.41) is 15.8.